The number of hydrogen-bond acceptors (Lipinski definition) is 5. The van der Waals surface area contributed by atoms with Crippen LogP contribution in [0.2, 0.25) is 0 Å². The maximum atomic E-state index is 5.43. The number of morpholine rings is 1. The standard InChI is InChI=1S/C22H31N5OS.HI/c1-23-22(27-10-8-26(9-11-27)21-3-2-16-29-21)24-17-19-4-6-20(7-5-19)18-25-12-14-28-15-13-25;/h2-7,16H,8-15,17-18H2,1H3,(H,23,24);1H. The van der Waals surface area contributed by atoms with E-state index in [2.05, 4.69) is 66.8 Å². The van der Waals surface area contributed by atoms with Crippen molar-refractivity contribution in [2.24, 2.45) is 4.99 Å². The number of rotatable bonds is 5. The molecule has 0 aliphatic carbocycles. The van der Waals surface area contributed by atoms with Gasteiger partial charge in [0.2, 0.25) is 0 Å². The van der Waals surface area contributed by atoms with Crippen molar-refractivity contribution >= 4 is 46.3 Å². The summed E-state index contributed by atoms with van der Waals surface area (Å²) in [7, 11) is 1.87. The third-order valence-electron chi connectivity index (χ3n) is 5.59. The van der Waals surface area contributed by atoms with E-state index in [0.717, 1.165) is 71.5 Å². The molecule has 164 valence electrons. The molecular weight excluding hydrogens is 509 g/mol. The Hall–Kier alpha value is -1.36. The lowest BCUT2D eigenvalue weighted by Crippen LogP contribution is -2.52. The minimum atomic E-state index is 0. The summed E-state index contributed by atoms with van der Waals surface area (Å²) >= 11 is 1.82. The van der Waals surface area contributed by atoms with Crippen LogP contribution in [0.15, 0.2) is 46.8 Å². The quantitative estimate of drug-likeness (QED) is 0.358. The highest BCUT2D eigenvalue weighted by atomic mass is 127. The first-order valence-electron chi connectivity index (χ1n) is 10.4. The summed E-state index contributed by atoms with van der Waals surface area (Å²) in [5, 5.41) is 7.05. The van der Waals surface area contributed by atoms with Gasteiger partial charge in [-0.1, -0.05) is 24.3 Å². The minimum absolute atomic E-state index is 0. The van der Waals surface area contributed by atoms with Gasteiger partial charge in [-0.05, 0) is 28.6 Å². The lowest BCUT2D eigenvalue weighted by Gasteiger charge is -2.37. The van der Waals surface area contributed by atoms with Crippen LogP contribution in [0.4, 0.5) is 5.00 Å². The first-order valence-corrected chi connectivity index (χ1v) is 11.3. The normalized spacial score (nSPS) is 18.2. The van der Waals surface area contributed by atoms with Gasteiger partial charge in [0.25, 0.3) is 0 Å². The Labute approximate surface area is 200 Å². The van der Waals surface area contributed by atoms with Gasteiger partial charge in [0, 0.05) is 59.4 Å². The van der Waals surface area contributed by atoms with Gasteiger partial charge >= 0.3 is 0 Å². The minimum Gasteiger partial charge on any atom is -0.379 e. The van der Waals surface area contributed by atoms with Gasteiger partial charge < -0.3 is 19.9 Å². The zero-order chi connectivity index (χ0) is 19.9. The van der Waals surface area contributed by atoms with E-state index in [0.29, 0.717) is 0 Å². The number of nitrogens with one attached hydrogen (secondary N) is 1. The first kappa shape index (κ1) is 23.3. The van der Waals surface area contributed by atoms with Gasteiger partial charge in [0.15, 0.2) is 5.96 Å². The van der Waals surface area contributed by atoms with Crippen LogP contribution in [0.25, 0.3) is 0 Å². The monoisotopic (exact) mass is 541 g/mol. The Bertz CT molecular complexity index is 769. The van der Waals surface area contributed by atoms with E-state index in [4.69, 9.17) is 4.74 Å². The molecule has 0 bridgehead atoms. The fourth-order valence-electron chi connectivity index (χ4n) is 3.88. The third-order valence-corrected chi connectivity index (χ3v) is 6.52. The fraction of sp³-hybridized carbons (Fsp3) is 0.500. The molecule has 4 rings (SSSR count). The molecule has 3 heterocycles. The maximum Gasteiger partial charge on any atom is 0.194 e. The second-order valence-electron chi connectivity index (χ2n) is 7.53. The highest BCUT2D eigenvalue weighted by Gasteiger charge is 2.20. The van der Waals surface area contributed by atoms with Crippen LogP contribution < -0.4 is 10.2 Å². The predicted molar refractivity (Wildman–Crippen MR) is 136 cm³/mol. The number of aliphatic imine (C=N–C) groups is 1. The van der Waals surface area contributed by atoms with Crippen molar-refractivity contribution in [2.45, 2.75) is 13.1 Å². The van der Waals surface area contributed by atoms with Crippen molar-refractivity contribution < 1.29 is 4.74 Å². The summed E-state index contributed by atoms with van der Waals surface area (Å²) in [6, 6.07) is 13.3. The molecule has 1 N–H and O–H groups in total. The molecule has 0 spiro atoms. The van der Waals surface area contributed by atoms with Gasteiger partial charge in [-0.3, -0.25) is 9.89 Å². The Kier molecular flexibility index (Phi) is 9.23. The molecule has 8 heteroatoms. The topological polar surface area (TPSA) is 43.3 Å². The molecule has 0 radical (unpaired) electrons. The Morgan fingerprint density at radius 2 is 1.70 bits per heavy atom. The van der Waals surface area contributed by atoms with E-state index < -0.39 is 0 Å². The van der Waals surface area contributed by atoms with Crippen LogP contribution in [0, 0.1) is 0 Å². The first-order chi connectivity index (χ1) is 14.3. The molecule has 2 fully saturated rings. The van der Waals surface area contributed by atoms with Crippen molar-refractivity contribution in [1.29, 1.82) is 0 Å². The second-order valence-corrected chi connectivity index (χ2v) is 8.46. The molecule has 2 aromatic rings. The number of nitrogens with zero attached hydrogens (tertiary/aromatic N) is 4. The highest BCUT2D eigenvalue weighted by Crippen LogP contribution is 2.22. The SMILES string of the molecule is CN=C(NCc1ccc(CN2CCOCC2)cc1)N1CCN(c2cccs2)CC1.I. The molecular formula is C22H32IN5OS. The summed E-state index contributed by atoms with van der Waals surface area (Å²) in [4.78, 5) is 11.8. The van der Waals surface area contributed by atoms with Crippen LogP contribution in [0.1, 0.15) is 11.1 Å². The van der Waals surface area contributed by atoms with E-state index in [1.807, 2.05) is 18.4 Å². The zero-order valence-electron chi connectivity index (χ0n) is 17.6. The molecule has 6 nitrogen and oxygen atoms in total. The van der Waals surface area contributed by atoms with Crippen LogP contribution in [0.5, 0.6) is 0 Å². The zero-order valence-corrected chi connectivity index (χ0v) is 20.8. The summed E-state index contributed by atoms with van der Waals surface area (Å²) in [6.45, 7) is 9.63. The molecule has 30 heavy (non-hydrogen) atoms. The molecule has 2 saturated heterocycles. The summed E-state index contributed by atoms with van der Waals surface area (Å²) < 4.78 is 5.43. The van der Waals surface area contributed by atoms with Crippen LogP contribution >= 0.6 is 35.3 Å². The highest BCUT2D eigenvalue weighted by molar-refractivity contribution is 14.0. The lowest BCUT2D eigenvalue weighted by molar-refractivity contribution is 0.0342. The fourth-order valence-corrected chi connectivity index (χ4v) is 4.67. The Morgan fingerprint density at radius 1 is 1.00 bits per heavy atom. The average molecular weight is 542 g/mol. The number of piperazine rings is 1. The van der Waals surface area contributed by atoms with Crippen molar-refractivity contribution in [3.05, 3.63) is 52.9 Å². The number of guanidine groups is 1. The van der Waals surface area contributed by atoms with Crippen molar-refractivity contribution in [1.82, 2.24) is 15.1 Å². The molecule has 2 aliphatic heterocycles. The van der Waals surface area contributed by atoms with E-state index in [9.17, 15) is 0 Å². The predicted octanol–water partition coefficient (Wildman–Crippen LogP) is 3.10. The number of anilines is 1. The molecule has 2 aliphatic rings. The number of thiophene rings is 1. The Morgan fingerprint density at radius 3 is 2.33 bits per heavy atom. The summed E-state index contributed by atoms with van der Waals surface area (Å²) in [5.41, 5.74) is 2.65. The van der Waals surface area contributed by atoms with Crippen molar-refractivity contribution in [3.63, 3.8) is 0 Å². The number of ether oxygens (including phenoxy) is 1. The number of benzene rings is 1. The summed E-state index contributed by atoms with van der Waals surface area (Å²) in [6.07, 6.45) is 0. The van der Waals surface area contributed by atoms with Gasteiger partial charge in [-0.15, -0.1) is 35.3 Å². The molecule has 0 atom stereocenters. The van der Waals surface area contributed by atoms with Gasteiger partial charge in [-0.25, -0.2) is 0 Å². The number of hydrogen-bond donors (Lipinski definition) is 1. The molecule has 1 aromatic heterocycles. The van der Waals surface area contributed by atoms with Crippen LogP contribution in [-0.2, 0) is 17.8 Å². The van der Waals surface area contributed by atoms with Gasteiger partial charge in [0.05, 0.1) is 18.2 Å². The summed E-state index contributed by atoms with van der Waals surface area (Å²) in [5.74, 6) is 0.994. The van der Waals surface area contributed by atoms with E-state index >= 15 is 0 Å². The van der Waals surface area contributed by atoms with Gasteiger partial charge in [0.1, 0.15) is 0 Å². The van der Waals surface area contributed by atoms with Crippen molar-refractivity contribution in [2.75, 3.05) is 64.4 Å². The van der Waals surface area contributed by atoms with Crippen LogP contribution in [0.3, 0.4) is 0 Å². The van der Waals surface area contributed by atoms with E-state index in [1.54, 1.807) is 0 Å². The van der Waals surface area contributed by atoms with E-state index in [-0.39, 0.29) is 24.0 Å². The number of halogens is 1. The average Bonchev–Trinajstić information content (AvgIpc) is 3.31. The van der Waals surface area contributed by atoms with E-state index in [1.165, 1.54) is 16.1 Å². The Balaban J connectivity index is 0.00000256. The molecule has 0 amide bonds. The molecule has 1 aromatic carbocycles. The second kappa shape index (κ2) is 11.9. The molecule has 0 saturated carbocycles. The molecule has 0 unspecified atom stereocenters. The van der Waals surface area contributed by atoms with Gasteiger partial charge in [-0.2, -0.15) is 0 Å². The largest absolute Gasteiger partial charge is 0.379 e. The smallest absolute Gasteiger partial charge is 0.194 e. The maximum absolute atomic E-state index is 5.43. The third kappa shape index (κ3) is 6.32. The van der Waals surface area contributed by atoms with Crippen molar-refractivity contribution in [3.8, 4) is 0 Å². The van der Waals surface area contributed by atoms with Crippen LogP contribution in [-0.4, -0.2) is 75.3 Å². The lowest BCUT2D eigenvalue weighted by atomic mass is 10.1.